The lowest BCUT2D eigenvalue weighted by molar-refractivity contribution is 0.0954. The Morgan fingerprint density at radius 3 is 2.58 bits per heavy atom. The topological polar surface area (TPSA) is 123 Å². The summed E-state index contributed by atoms with van der Waals surface area (Å²) in [5.41, 5.74) is 1.40. The number of carbonyl (C=O) groups is 1. The lowest BCUT2D eigenvalue weighted by Crippen LogP contribution is -2.26. The van der Waals surface area contributed by atoms with Crippen LogP contribution in [0.25, 0.3) is 0 Å². The summed E-state index contributed by atoms with van der Waals surface area (Å²) in [5.74, 6) is 0.400. The number of nitrogens with two attached hydrogens (primary N) is 1. The first-order chi connectivity index (χ1) is 12.4. The van der Waals surface area contributed by atoms with Crippen LogP contribution in [0.2, 0.25) is 0 Å². The minimum absolute atomic E-state index is 0.0653. The Bertz CT molecular complexity index is 838. The highest BCUT2D eigenvalue weighted by Gasteiger charge is 2.08. The van der Waals surface area contributed by atoms with E-state index >= 15 is 0 Å². The molecule has 140 valence electrons. The molecule has 0 spiro atoms. The molecule has 0 atom stereocenters. The summed E-state index contributed by atoms with van der Waals surface area (Å²) in [6.45, 7) is 1.56. The van der Waals surface area contributed by atoms with Crippen LogP contribution in [0.3, 0.4) is 0 Å². The fourth-order valence-electron chi connectivity index (χ4n) is 2.22. The zero-order valence-corrected chi connectivity index (χ0v) is 15.3. The minimum Gasteiger partial charge on any atom is -0.383 e. The average molecular weight is 378 g/mol. The summed E-state index contributed by atoms with van der Waals surface area (Å²) < 4.78 is 27.4. The molecule has 1 aromatic heterocycles. The summed E-state index contributed by atoms with van der Waals surface area (Å²) in [6, 6.07) is 9.57. The molecule has 4 N–H and O–H groups in total. The quantitative estimate of drug-likeness (QED) is 0.554. The zero-order chi connectivity index (χ0) is 19.0. The predicted octanol–water partition coefficient (Wildman–Crippen LogP) is 0.760. The van der Waals surface area contributed by atoms with E-state index < -0.39 is 10.0 Å². The molecule has 9 heteroatoms. The Morgan fingerprint density at radius 2 is 1.92 bits per heavy atom. The van der Waals surface area contributed by atoms with Crippen molar-refractivity contribution in [2.75, 3.05) is 32.1 Å². The number of benzene rings is 1. The van der Waals surface area contributed by atoms with Crippen LogP contribution in [-0.4, -0.2) is 46.1 Å². The van der Waals surface area contributed by atoms with Crippen molar-refractivity contribution in [2.24, 2.45) is 5.14 Å². The number of aromatic nitrogens is 1. The standard InChI is InChI=1S/C17H22N4O4S/c1-25-11-10-20-16-12-14(7-9-19-16)17(22)21-8-6-13-2-4-15(5-3-13)26(18,23)24/h2-5,7,9,12H,6,8,10-11H2,1H3,(H,19,20)(H,21,22)(H2,18,23,24). The second-order valence-electron chi connectivity index (χ2n) is 5.54. The molecule has 0 unspecified atom stereocenters. The van der Waals surface area contributed by atoms with Crippen LogP contribution in [0.5, 0.6) is 0 Å². The molecule has 0 aliphatic carbocycles. The van der Waals surface area contributed by atoms with E-state index in [0.717, 1.165) is 5.56 Å². The molecular weight excluding hydrogens is 356 g/mol. The largest absolute Gasteiger partial charge is 0.383 e. The molecule has 1 aromatic carbocycles. The van der Waals surface area contributed by atoms with Crippen molar-refractivity contribution in [3.63, 3.8) is 0 Å². The molecule has 0 fully saturated rings. The number of primary sulfonamides is 1. The molecule has 0 radical (unpaired) electrons. The van der Waals surface area contributed by atoms with E-state index in [4.69, 9.17) is 9.88 Å². The van der Waals surface area contributed by atoms with Crippen molar-refractivity contribution in [3.05, 3.63) is 53.7 Å². The number of ether oxygens (including phenoxy) is 1. The van der Waals surface area contributed by atoms with Crippen LogP contribution < -0.4 is 15.8 Å². The summed E-state index contributed by atoms with van der Waals surface area (Å²) >= 11 is 0. The SMILES string of the molecule is COCCNc1cc(C(=O)NCCc2ccc(S(N)(=O)=O)cc2)ccn1. The lowest BCUT2D eigenvalue weighted by Gasteiger charge is -2.08. The first-order valence-electron chi connectivity index (χ1n) is 7.99. The molecule has 26 heavy (non-hydrogen) atoms. The molecule has 0 bridgehead atoms. The van der Waals surface area contributed by atoms with E-state index in [-0.39, 0.29) is 10.8 Å². The molecular formula is C17H22N4O4S. The van der Waals surface area contributed by atoms with Gasteiger partial charge in [-0.2, -0.15) is 0 Å². The van der Waals surface area contributed by atoms with E-state index in [9.17, 15) is 13.2 Å². The van der Waals surface area contributed by atoms with Crippen LogP contribution in [0.1, 0.15) is 15.9 Å². The van der Waals surface area contributed by atoms with Crippen LogP contribution in [0.15, 0.2) is 47.5 Å². The zero-order valence-electron chi connectivity index (χ0n) is 14.4. The first-order valence-corrected chi connectivity index (χ1v) is 9.53. The summed E-state index contributed by atoms with van der Waals surface area (Å²) in [5, 5.41) is 10.9. The smallest absolute Gasteiger partial charge is 0.251 e. The van der Waals surface area contributed by atoms with Crippen molar-refractivity contribution < 1.29 is 17.9 Å². The number of amides is 1. The second kappa shape index (κ2) is 9.27. The minimum atomic E-state index is -3.69. The first kappa shape index (κ1) is 19.8. The van der Waals surface area contributed by atoms with Crippen molar-refractivity contribution in [1.82, 2.24) is 10.3 Å². The number of hydrogen-bond donors (Lipinski definition) is 3. The molecule has 2 rings (SSSR count). The van der Waals surface area contributed by atoms with Crippen LogP contribution in [0, 0.1) is 0 Å². The van der Waals surface area contributed by atoms with Gasteiger partial charge >= 0.3 is 0 Å². The van der Waals surface area contributed by atoms with Gasteiger partial charge in [-0.25, -0.2) is 18.5 Å². The summed E-state index contributed by atoms with van der Waals surface area (Å²) in [6.07, 6.45) is 2.14. The fourth-order valence-corrected chi connectivity index (χ4v) is 2.73. The second-order valence-corrected chi connectivity index (χ2v) is 7.11. The molecule has 0 saturated carbocycles. The van der Waals surface area contributed by atoms with Gasteiger partial charge in [0.15, 0.2) is 0 Å². The van der Waals surface area contributed by atoms with E-state index in [1.54, 1.807) is 37.6 Å². The van der Waals surface area contributed by atoms with Gasteiger partial charge in [-0.3, -0.25) is 4.79 Å². The number of anilines is 1. The summed E-state index contributed by atoms with van der Waals surface area (Å²) in [4.78, 5) is 16.4. The van der Waals surface area contributed by atoms with Gasteiger partial charge in [0.2, 0.25) is 10.0 Å². The third-order valence-electron chi connectivity index (χ3n) is 3.59. The van der Waals surface area contributed by atoms with Crippen LogP contribution >= 0.6 is 0 Å². The van der Waals surface area contributed by atoms with Gasteiger partial charge in [0.1, 0.15) is 5.82 Å². The maximum atomic E-state index is 12.2. The number of sulfonamides is 1. The van der Waals surface area contributed by atoms with E-state index in [1.165, 1.54) is 12.1 Å². The third kappa shape index (κ3) is 6.10. The van der Waals surface area contributed by atoms with Crippen molar-refractivity contribution >= 4 is 21.7 Å². The van der Waals surface area contributed by atoms with Crippen LogP contribution in [-0.2, 0) is 21.2 Å². The molecule has 2 aromatic rings. The van der Waals surface area contributed by atoms with Gasteiger partial charge in [-0.15, -0.1) is 0 Å². The predicted molar refractivity (Wildman–Crippen MR) is 98.5 cm³/mol. The van der Waals surface area contributed by atoms with Crippen LogP contribution in [0.4, 0.5) is 5.82 Å². The monoisotopic (exact) mass is 378 g/mol. The third-order valence-corrected chi connectivity index (χ3v) is 4.51. The number of carbonyl (C=O) groups excluding carboxylic acids is 1. The Hall–Kier alpha value is -2.49. The average Bonchev–Trinajstić information content (AvgIpc) is 2.62. The number of hydrogen-bond acceptors (Lipinski definition) is 6. The van der Waals surface area contributed by atoms with E-state index in [1.807, 2.05) is 0 Å². The molecule has 0 aliphatic heterocycles. The maximum absolute atomic E-state index is 12.2. The Morgan fingerprint density at radius 1 is 1.19 bits per heavy atom. The Balaban J connectivity index is 1.86. The highest BCUT2D eigenvalue weighted by atomic mass is 32.2. The number of methoxy groups -OCH3 is 1. The molecule has 1 heterocycles. The molecule has 8 nitrogen and oxygen atoms in total. The Kier molecular flexibility index (Phi) is 7.07. The van der Waals surface area contributed by atoms with Crippen molar-refractivity contribution in [1.29, 1.82) is 0 Å². The number of pyridine rings is 1. The maximum Gasteiger partial charge on any atom is 0.251 e. The van der Waals surface area contributed by atoms with Gasteiger partial charge in [-0.05, 0) is 36.2 Å². The van der Waals surface area contributed by atoms with Gasteiger partial charge in [0, 0.05) is 32.0 Å². The molecule has 0 aliphatic rings. The molecule has 0 saturated heterocycles. The highest BCUT2D eigenvalue weighted by Crippen LogP contribution is 2.09. The Labute approximate surface area is 152 Å². The van der Waals surface area contributed by atoms with Gasteiger partial charge < -0.3 is 15.4 Å². The molecule has 1 amide bonds. The van der Waals surface area contributed by atoms with Crippen molar-refractivity contribution in [2.45, 2.75) is 11.3 Å². The van der Waals surface area contributed by atoms with Gasteiger partial charge in [0.25, 0.3) is 5.91 Å². The normalized spacial score (nSPS) is 11.2. The lowest BCUT2D eigenvalue weighted by atomic mass is 10.1. The van der Waals surface area contributed by atoms with Crippen molar-refractivity contribution in [3.8, 4) is 0 Å². The highest BCUT2D eigenvalue weighted by molar-refractivity contribution is 7.89. The number of nitrogens with zero attached hydrogens (tertiary/aromatic N) is 1. The van der Waals surface area contributed by atoms with Gasteiger partial charge in [0.05, 0.1) is 11.5 Å². The van der Waals surface area contributed by atoms with E-state index in [2.05, 4.69) is 15.6 Å². The van der Waals surface area contributed by atoms with Gasteiger partial charge in [-0.1, -0.05) is 12.1 Å². The number of nitrogens with one attached hydrogen (secondary N) is 2. The van der Waals surface area contributed by atoms with E-state index in [0.29, 0.717) is 37.5 Å². The number of rotatable bonds is 9. The fraction of sp³-hybridized carbons (Fsp3) is 0.294. The summed E-state index contributed by atoms with van der Waals surface area (Å²) in [7, 11) is -2.08.